The Bertz CT molecular complexity index is 460. The quantitative estimate of drug-likeness (QED) is 0.761. The van der Waals surface area contributed by atoms with Crippen molar-refractivity contribution in [2.24, 2.45) is 5.92 Å². The number of hydrogen-bond donors (Lipinski definition) is 0. The number of carbonyl (C=O) groups excluding carboxylic acids is 1. The molecule has 0 amide bonds. The highest BCUT2D eigenvalue weighted by atomic mass is 19.1. The summed E-state index contributed by atoms with van der Waals surface area (Å²) in [6, 6.07) is 6.81. The number of benzene rings is 1. The van der Waals surface area contributed by atoms with Gasteiger partial charge in [0.15, 0.2) is 5.78 Å². The van der Waals surface area contributed by atoms with Crippen LogP contribution in [0.2, 0.25) is 0 Å². The zero-order chi connectivity index (χ0) is 14.5. The van der Waals surface area contributed by atoms with Crippen LogP contribution in [0, 0.1) is 11.7 Å². The van der Waals surface area contributed by atoms with Gasteiger partial charge in [0.05, 0.1) is 5.56 Å². The highest BCUT2D eigenvalue weighted by Crippen LogP contribution is 2.27. The van der Waals surface area contributed by atoms with Crippen molar-refractivity contribution in [3.05, 3.63) is 35.6 Å². The van der Waals surface area contributed by atoms with Gasteiger partial charge in [-0.2, -0.15) is 0 Å². The van der Waals surface area contributed by atoms with Gasteiger partial charge in [0, 0.05) is 19.0 Å². The molecule has 1 aromatic carbocycles. The largest absolute Gasteiger partial charge is 0.303 e. The molecule has 0 radical (unpaired) electrons. The fourth-order valence-electron chi connectivity index (χ4n) is 3.22. The molecule has 2 unspecified atom stereocenters. The normalized spacial score (nSPS) is 23.0. The van der Waals surface area contributed by atoms with E-state index in [1.807, 2.05) is 0 Å². The number of hydrogen-bond acceptors (Lipinski definition) is 2. The third kappa shape index (κ3) is 3.66. The molecule has 0 aromatic heterocycles. The van der Waals surface area contributed by atoms with Crippen LogP contribution in [0.25, 0.3) is 0 Å². The van der Waals surface area contributed by atoms with Crippen molar-refractivity contribution in [3.63, 3.8) is 0 Å². The van der Waals surface area contributed by atoms with Crippen LogP contribution in [0.4, 0.5) is 4.39 Å². The number of ketones is 1. The molecule has 1 aliphatic rings. The van der Waals surface area contributed by atoms with E-state index in [-0.39, 0.29) is 11.3 Å². The monoisotopic (exact) mass is 277 g/mol. The van der Waals surface area contributed by atoms with Crippen LogP contribution in [0.5, 0.6) is 0 Å². The lowest BCUT2D eigenvalue weighted by Gasteiger charge is -2.36. The Balaban J connectivity index is 1.88. The zero-order valence-electron chi connectivity index (χ0n) is 12.4. The summed E-state index contributed by atoms with van der Waals surface area (Å²) in [7, 11) is 2.08. The van der Waals surface area contributed by atoms with Crippen molar-refractivity contribution in [1.29, 1.82) is 0 Å². The topological polar surface area (TPSA) is 20.3 Å². The first-order valence-electron chi connectivity index (χ1n) is 7.57. The third-order valence-corrected chi connectivity index (χ3v) is 4.50. The van der Waals surface area contributed by atoms with E-state index in [1.165, 1.54) is 31.7 Å². The molecule has 1 fully saturated rings. The first-order valence-corrected chi connectivity index (χ1v) is 7.57. The van der Waals surface area contributed by atoms with E-state index >= 15 is 0 Å². The molecular formula is C17H24FNO. The SMILES string of the molecule is CC1CCCCC1N(C)CCC(=O)c1ccccc1F. The van der Waals surface area contributed by atoms with E-state index < -0.39 is 5.82 Å². The molecule has 20 heavy (non-hydrogen) atoms. The maximum absolute atomic E-state index is 13.5. The Kier molecular flexibility index (Phi) is 5.30. The molecule has 0 bridgehead atoms. The average molecular weight is 277 g/mol. The van der Waals surface area contributed by atoms with Crippen molar-refractivity contribution in [2.45, 2.75) is 45.1 Å². The molecule has 1 aliphatic carbocycles. The number of Topliss-reactive ketones (excluding diaryl/α,β-unsaturated/α-hetero) is 1. The van der Waals surface area contributed by atoms with Gasteiger partial charge in [-0.15, -0.1) is 0 Å². The first kappa shape index (κ1) is 15.2. The second-order valence-electron chi connectivity index (χ2n) is 5.96. The van der Waals surface area contributed by atoms with Crippen molar-refractivity contribution in [1.82, 2.24) is 4.90 Å². The summed E-state index contributed by atoms with van der Waals surface area (Å²) >= 11 is 0. The van der Waals surface area contributed by atoms with E-state index in [2.05, 4.69) is 18.9 Å². The van der Waals surface area contributed by atoms with E-state index in [4.69, 9.17) is 0 Å². The van der Waals surface area contributed by atoms with Gasteiger partial charge in [0.25, 0.3) is 0 Å². The maximum Gasteiger partial charge on any atom is 0.167 e. The first-order chi connectivity index (χ1) is 9.59. The number of nitrogens with zero attached hydrogens (tertiary/aromatic N) is 1. The zero-order valence-corrected chi connectivity index (χ0v) is 12.4. The second kappa shape index (κ2) is 6.98. The maximum atomic E-state index is 13.5. The van der Waals surface area contributed by atoms with Crippen LogP contribution in [0.3, 0.4) is 0 Å². The van der Waals surface area contributed by atoms with Crippen LogP contribution in [-0.4, -0.2) is 30.3 Å². The number of halogens is 1. The van der Waals surface area contributed by atoms with Gasteiger partial charge >= 0.3 is 0 Å². The summed E-state index contributed by atoms with van der Waals surface area (Å²) in [5, 5.41) is 0. The molecule has 0 spiro atoms. The third-order valence-electron chi connectivity index (χ3n) is 4.50. The predicted octanol–water partition coefficient (Wildman–Crippen LogP) is 3.91. The van der Waals surface area contributed by atoms with Gasteiger partial charge < -0.3 is 4.90 Å². The molecule has 2 atom stereocenters. The van der Waals surface area contributed by atoms with Crippen LogP contribution in [0.15, 0.2) is 24.3 Å². The van der Waals surface area contributed by atoms with Crippen molar-refractivity contribution >= 4 is 5.78 Å². The lowest BCUT2D eigenvalue weighted by molar-refractivity contribution is 0.0924. The summed E-state index contributed by atoms with van der Waals surface area (Å²) in [4.78, 5) is 14.3. The van der Waals surface area contributed by atoms with Crippen LogP contribution < -0.4 is 0 Å². The Morgan fingerprint density at radius 1 is 1.30 bits per heavy atom. The molecule has 0 heterocycles. The summed E-state index contributed by atoms with van der Waals surface area (Å²) in [6.07, 6.45) is 5.47. The van der Waals surface area contributed by atoms with Gasteiger partial charge in [0.2, 0.25) is 0 Å². The summed E-state index contributed by atoms with van der Waals surface area (Å²) < 4.78 is 13.5. The van der Waals surface area contributed by atoms with Gasteiger partial charge in [-0.1, -0.05) is 31.9 Å². The second-order valence-corrected chi connectivity index (χ2v) is 5.96. The van der Waals surface area contributed by atoms with Gasteiger partial charge in [-0.05, 0) is 37.9 Å². The standard InChI is InChI=1S/C17H24FNO/c1-13-7-3-6-10-16(13)19(2)12-11-17(20)14-8-4-5-9-15(14)18/h4-5,8-9,13,16H,3,6-7,10-12H2,1-2H3. The number of carbonyl (C=O) groups is 1. The summed E-state index contributed by atoms with van der Waals surface area (Å²) in [5.41, 5.74) is 0.220. The van der Waals surface area contributed by atoms with Gasteiger partial charge in [-0.3, -0.25) is 4.79 Å². The predicted molar refractivity (Wildman–Crippen MR) is 79.4 cm³/mol. The molecule has 1 aromatic rings. The van der Waals surface area contributed by atoms with Crippen LogP contribution in [0.1, 0.15) is 49.4 Å². The fraction of sp³-hybridized carbons (Fsp3) is 0.588. The molecule has 0 saturated heterocycles. The van der Waals surface area contributed by atoms with E-state index in [0.717, 1.165) is 0 Å². The van der Waals surface area contributed by atoms with Crippen molar-refractivity contribution in [2.75, 3.05) is 13.6 Å². The Labute approximate surface area is 121 Å². The highest BCUT2D eigenvalue weighted by molar-refractivity contribution is 5.96. The van der Waals surface area contributed by atoms with E-state index in [0.29, 0.717) is 24.9 Å². The average Bonchev–Trinajstić information content (AvgIpc) is 2.45. The lowest BCUT2D eigenvalue weighted by atomic mass is 9.85. The molecule has 2 nitrogen and oxygen atoms in total. The molecule has 0 N–H and O–H groups in total. The molecular weight excluding hydrogens is 253 g/mol. The van der Waals surface area contributed by atoms with Gasteiger partial charge in [-0.25, -0.2) is 4.39 Å². The summed E-state index contributed by atoms with van der Waals surface area (Å²) in [6.45, 7) is 3.00. The molecule has 2 rings (SSSR count). The minimum atomic E-state index is -0.411. The van der Waals surface area contributed by atoms with E-state index in [9.17, 15) is 9.18 Å². The van der Waals surface area contributed by atoms with Gasteiger partial charge in [0.1, 0.15) is 5.82 Å². The van der Waals surface area contributed by atoms with E-state index in [1.54, 1.807) is 18.2 Å². The lowest BCUT2D eigenvalue weighted by Crippen LogP contribution is -2.39. The smallest absolute Gasteiger partial charge is 0.167 e. The Hall–Kier alpha value is -1.22. The summed E-state index contributed by atoms with van der Waals surface area (Å²) in [5.74, 6) is 0.182. The Morgan fingerprint density at radius 3 is 2.70 bits per heavy atom. The molecule has 3 heteroatoms. The minimum Gasteiger partial charge on any atom is -0.303 e. The molecule has 0 aliphatic heterocycles. The van der Waals surface area contributed by atoms with Crippen molar-refractivity contribution in [3.8, 4) is 0 Å². The minimum absolute atomic E-state index is 0.0987. The van der Waals surface area contributed by atoms with Crippen molar-refractivity contribution < 1.29 is 9.18 Å². The van der Waals surface area contributed by atoms with Crippen LogP contribution in [-0.2, 0) is 0 Å². The Morgan fingerprint density at radius 2 is 2.00 bits per heavy atom. The number of rotatable bonds is 5. The highest BCUT2D eigenvalue weighted by Gasteiger charge is 2.25. The fourth-order valence-corrected chi connectivity index (χ4v) is 3.22. The molecule has 1 saturated carbocycles. The molecule has 110 valence electrons. The van der Waals surface area contributed by atoms with Crippen LogP contribution >= 0.6 is 0 Å².